The van der Waals surface area contributed by atoms with Gasteiger partial charge in [-0.2, -0.15) is 10.5 Å². The van der Waals surface area contributed by atoms with Crippen molar-refractivity contribution in [2.24, 2.45) is 0 Å². The van der Waals surface area contributed by atoms with Crippen LogP contribution in [-0.2, 0) is 0 Å². The Kier molecular flexibility index (Phi) is 8.38. The molecule has 0 heterocycles. The van der Waals surface area contributed by atoms with E-state index in [4.69, 9.17) is 15.2 Å². The third kappa shape index (κ3) is 4.67. The van der Waals surface area contributed by atoms with Gasteiger partial charge in [-0.3, -0.25) is 0 Å². The molecule has 2 N–H and O–H groups in total. The quantitative estimate of drug-likeness (QED) is 0.331. The Balaban J connectivity index is 2.68. The fraction of sp³-hybridized carbons (Fsp3) is 0.333. The van der Waals surface area contributed by atoms with E-state index in [1.807, 2.05) is 24.3 Å². The minimum absolute atomic E-state index is 0.178. The van der Waals surface area contributed by atoms with Gasteiger partial charge in [-0.05, 0) is 24.3 Å². The molecule has 0 aliphatic rings. The number of anilines is 1. The van der Waals surface area contributed by atoms with E-state index in [0.717, 1.165) is 39.7 Å². The minimum Gasteiger partial charge on any atom is -0.494 e. The summed E-state index contributed by atoms with van der Waals surface area (Å²) in [6, 6.07) is 11.7. The van der Waals surface area contributed by atoms with E-state index in [1.54, 1.807) is 11.8 Å². The fourth-order valence-electron chi connectivity index (χ4n) is 2.70. The van der Waals surface area contributed by atoms with Crippen LogP contribution in [-0.4, -0.2) is 20.0 Å². The van der Waals surface area contributed by atoms with Crippen LogP contribution in [0.5, 0.6) is 11.5 Å². The predicted molar refractivity (Wildman–Crippen MR) is 114 cm³/mol. The van der Waals surface area contributed by atoms with Gasteiger partial charge >= 0.3 is 0 Å². The van der Waals surface area contributed by atoms with Gasteiger partial charge in [0.25, 0.3) is 0 Å². The summed E-state index contributed by atoms with van der Waals surface area (Å²) in [7, 11) is 3.03. The molecule has 0 amide bonds. The number of benzene rings is 2. The third-order valence-electron chi connectivity index (χ3n) is 4.08. The molecule has 2 aromatic carbocycles. The highest BCUT2D eigenvalue weighted by molar-refractivity contribution is 8.02. The minimum atomic E-state index is 0.178. The Morgan fingerprint density at radius 1 is 0.964 bits per heavy atom. The molecular weight excluding hydrogens is 390 g/mol. The fourth-order valence-corrected chi connectivity index (χ4v) is 5.11. The maximum atomic E-state index is 9.69. The van der Waals surface area contributed by atoms with Crippen LogP contribution in [0.1, 0.15) is 37.3 Å². The zero-order valence-corrected chi connectivity index (χ0v) is 17.9. The van der Waals surface area contributed by atoms with E-state index in [1.165, 1.54) is 26.0 Å². The van der Waals surface area contributed by atoms with Crippen molar-refractivity contribution >= 4 is 29.2 Å². The molecule has 0 aliphatic heterocycles. The number of thioether (sulfide) groups is 1. The second kappa shape index (κ2) is 10.8. The number of nitriles is 2. The van der Waals surface area contributed by atoms with Gasteiger partial charge in [0.2, 0.25) is 0 Å². The standard InChI is InChI=1S/C21H23N3O2S2/c1-4-5-8-11-27-20-18(25-2)14(12-22)15(13-23)19(26-3)21(20)28-17-10-7-6-9-16(17)24/h6-7,9-10H,4-5,8,11,24H2,1-3H3. The molecule has 0 aromatic heterocycles. The summed E-state index contributed by atoms with van der Waals surface area (Å²) in [4.78, 5) is 2.40. The number of nitrogens with zero attached hydrogens (tertiary/aromatic N) is 2. The van der Waals surface area contributed by atoms with Crippen molar-refractivity contribution in [1.29, 1.82) is 10.5 Å². The van der Waals surface area contributed by atoms with E-state index in [0.29, 0.717) is 17.2 Å². The van der Waals surface area contributed by atoms with Gasteiger partial charge in [0.15, 0.2) is 11.5 Å². The summed E-state index contributed by atoms with van der Waals surface area (Å²) in [6.45, 7) is 2.16. The molecule has 0 spiro atoms. The van der Waals surface area contributed by atoms with Crippen LogP contribution >= 0.6 is 23.5 Å². The molecule has 0 saturated heterocycles. The molecule has 2 aromatic rings. The Labute approximate surface area is 174 Å². The molecule has 0 bridgehead atoms. The average molecular weight is 414 g/mol. The molecule has 0 radical (unpaired) electrons. The first-order valence-electron chi connectivity index (χ1n) is 8.90. The summed E-state index contributed by atoms with van der Waals surface area (Å²) in [6.07, 6.45) is 3.30. The van der Waals surface area contributed by atoms with Crippen molar-refractivity contribution in [2.45, 2.75) is 40.9 Å². The highest BCUT2D eigenvalue weighted by Crippen LogP contribution is 2.51. The summed E-state index contributed by atoms with van der Waals surface area (Å²) in [5.74, 6) is 1.67. The van der Waals surface area contributed by atoms with Crippen LogP contribution in [0, 0.1) is 22.7 Å². The summed E-state index contributed by atoms with van der Waals surface area (Å²) in [5, 5.41) is 19.4. The van der Waals surface area contributed by atoms with Crippen molar-refractivity contribution in [3.8, 4) is 23.6 Å². The lowest BCUT2D eigenvalue weighted by atomic mass is 10.1. The van der Waals surface area contributed by atoms with Crippen molar-refractivity contribution in [2.75, 3.05) is 25.7 Å². The molecular formula is C21H23N3O2S2. The van der Waals surface area contributed by atoms with Crippen molar-refractivity contribution in [3.05, 3.63) is 35.4 Å². The smallest absolute Gasteiger partial charge is 0.153 e. The zero-order valence-electron chi connectivity index (χ0n) is 16.2. The first-order chi connectivity index (χ1) is 13.6. The highest BCUT2D eigenvalue weighted by Gasteiger charge is 2.27. The first kappa shape index (κ1) is 21.8. The van der Waals surface area contributed by atoms with Crippen molar-refractivity contribution < 1.29 is 9.47 Å². The molecule has 146 valence electrons. The molecule has 28 heavy (non-hydrogen) atoms. The van der Waals surface area contributed by atoms with Crippen LogP contribution in [0.15, 0.2) is 39.0 Å². The van der Waals surface area contributed by atoms with Gasteiger partial charge in [0, 0.05) is 10.6 Å². The van der Waals surface area contributed by atoms with Crippen LogP contribution in [0.3, 0.4) is 0 Å². The molecule has 0 aliphatic carbocycles. The van der Waals surface area contributed by atoms with Crippen LogP contribution < -0.4 is 15.2 Å². The Morgan fingerprint density at radius 3 is 2.11 bits per heavy atom. The normalized spacial score (nSPS) is 10.2. The maximum absolute atomic E-state index is 9.69. The number of hydrogen-bond acceptors (Lipinski definition) is 7. The van der Waals surface area contributed by atoms with E-state index in [2.05, 4.69) is 19.1 Å². The first-order valence-corrected chi connectivity index (χ1v) is 10.7. The molecule has 7 heteroatoms. The predicted octanol–water partition coefficient (Wildman–Crippen LogP) is 5.46. The van der Waals surface area contributed by atoms with Crippen molar-refractivity contribution in [1.82, 2.24) is 0 Å². The molecule has 5 nitrogen and oxygen atoms in total. The van der Waals surface area contributed by atoms with E-state index >= 15 is 0 Å². The molecule has 0 atom stereocenters. The Bertz CT molecular complexity index is 917. The second-order valence-electron chi connectivity index (χ2n) is 5.89. The topological polar surface area (TPSA) is 92.1 Å². The number of rotatable bonds is 9. The largest absolute Gasteiger partial charge is 0.494 e. The lowest BCUT2D eigenvalue weighted by Crippen LogP contribution is -2.02. The number of unbranched alkanes of at least 4 members (excludes halogenated alkanes) is 2. The maximum Gasteiger partial charge on any atom is 0.153 e. The highest BCUT2D eigenvalue weighted by atomic mass is 32.2. The molecule has 0 saturated carbocycles. The van der Waals surface area contributed by atoms with Gasteiger partial charge in [0.05, 0.1) is 24.0 Å². The Hall–Kier alpha value is -2.48. The van der Waals surface area contributed by atoms with Crippen molar-refractivity contribution in [3.63, 3.8) is 0 Å². The van der Waals surface area contributed by atoms with E-state index in [-0.39, 0.29) is 11.1 Å². The van der Waals surface area contributed by atoms with E-state index < -0.39 is 0 Å². The van der Waals surface area contributed by atoms with Gasteiger partial charge in [-0.25, -0.2) is 0 Å². The monoisotopic (exact) mass is 413 g/mol. The van der Waals surface area contributed by atoms with Gasteiger partial charge in [-0.15, -0.1) is 11.8 Å². The van der Waals surface area contributed by atoms with Gasteiger partial charge in [0.1, 0.15) is 23.3 Å². The summed E-state index contributed by atoms with van der Waals surface area (Å²) in [5.41, 5.74) is 7.14. The number of nitrogen functional groups attached to an aromatic ring is 1. The van der Waals surface area contributed by atoms with E-state index in [9.17, 15) is 10.5 Å². The van der Waals surface area contributed by atoms with Gasteiger partial charge < -0.3 is 15.2 Å². The molecule has 0 unspecified atom stereocenters. The number of hydrogen-bond donors (Lipinski definition) is 1. The SMILES string of the molecule is CCCCCSc1c(OC)c(C#N)c(C#N)c(OC)c1Sc1ccccc1N. The number of para-hydroxylation sites is 1. The Morgan fingerprint density at radius 2 is 1.57 bits per heavy atom. The third-order valence-corrected chi connectivity index (χ3v) is 6.57. The molecule has 2 rings (SSSR count). The average Bonchev–Trinajstić information content (AvgIpc) is 2.72. The summed E-state index contributed by atoms with van der Waals surface area (Å²) < 4.78 is 11.2. The second-order valence-corrected chi connectivity index (χ2v) is 8.05. The zero-order chi connectivity index (χ0) is 20.5. The van der Waals surface area contributed by atoms with Crippen LogP contribution in [0.2, 0.25) is 0 Å². The number of nitrogens with two attached hydrogens (primary N) is 1. The van der Waals surface area contributed by atoms with Crippen LogP contribution in [0.4, 0.5) is 5.69 Å². The number of ether oxygens (including phenoxy) is 2. The lowest BCUT2D eigenvalue weighted by molar-refractivity contribution is 0.381. The lowest BCUT2D eigenvalue weighted by Gasteiger charge is -2.20. The van der Waals surface area contributed by atoms with Crippen LogP contribution in [0.25, 0.3) is 0 Å². The van der Waals surface area contributed by atoms with Gasteiger partial charge in [-0.1, -0.05) is 43.7 Å². The molecule has 0 fully saturated rings. The summed E-state index contributed by atoms with van der Waals surface area (Å²) >= 11 is 3.04. The number of methoxy groups -OCH3 is 2.